The number of fused-ring (bicyclic) bond motifs is 1. The van der Waals surface area contributed by atoms with Crippen LogP contribution in [0.5, 0.6) is 0 Å². The minimum atomic E-state index is -0.653. The molecule has 0 radical (unpaired) electrons. The lowest BCUT2D eigenvalue weighted by Crippen LogP contribution is -2.37. The highest BCUT2D eigenvalue weighted by atomic mass is 16.5. The highest BCUT2D eigenvalue weighted by Crippen LogP contribution is 2.60. The number of rotatable bonds is 11. The minimum absolute atomic E-state index is 0.156. The molecule has 4 saturated carbocycles. The van der Waals surface area contributed by atoms with Crippen LogP contribution >= 0.6 is 0 Å². The average Bonchev–Trinajstić information content (AvgIpc) is 3.49. The van der Waals surface area contributed by atoms with Crippen LogP contribution < -0.4 is 0 Å². The highest BCUT2D eigenvalue weighted by molar-refractivity contribution is 5.69. The number of aliphatic hydroxyl groups excluding tert-OH is 2. The fraction of sp³-hybridized carbons (Fsp3) is 0.743. The lowest BCUT2D eigenvalue weighted by molar-refractivity contribution is -0.151. The number of aryl methyl sites for hydroxylation is 1. The van der Waals surface area contributed by atoms with Gasteiger partial charge in [0.05, 0.1) is 17.6 Å². The Morgan fingerprint density at radius 1 is 1.19 bits per heavy atom. The van der Waals surface area contributed by atoms with Crippen molar-refractivity contribution in [3.8, 4) is 0 Å². The summed E-state index contributed by atoms with van der Waals surface area (Å²) in [5.74, 6) is 2.92. The van der Waals surface area contributed by atoms with Crippen molar-refractivity contribution in [3.63, 3.8) is 0 Å². The van der Waals surface area contributed by atoms with E-state index in [0.717, 1.165) is 61.9 Å². The second-order valence-electron chi connectivity index (χ2n) is 14.0. The maximum absolute atomic E-state index is 12.5. The number of aromatic nitrogens is 2. The quantitative estimate of drug-likeness (QED) is 0.273. The first-order valence-corrected chi connectivity index (χ1v) is 16.6. The second-order valence-corrected chi connectivity index (χ2v) is 14.0. The first kappa shape index (κ1) is 31.2. The van der Waals surface area contributed by atoms with Crippen LogP contribution in [0.3, 0.4) is 0 Å². The van der Waals surface area contributed by atoms with Crippen LogP contribution in [0.4, 0.5) is 0 Å². The molecule has 0 unspecified atom stereocenters. The molecule has 7 nitrogen and oxygen atoms in total. The molecule has 0 aliphatic heterocycles. The maximum atomic E-state index is 12.5. The van der Waals surface area contributed by atoms with Gasteiger partial charge in [0.2, 0.25) is 5.89 Å². The molecule has 0 aromatic carbocycles. The lowest BCUT2D eigenvalue weighted by atomic mass is 9.60. The maximum Gasteiger partial charge on any atom is 0.305 e. The SMILES string of the molecule is C=C1/C(=C\C=C2/CCC[C@]3(C)[C@@H]([C@H](C)CC[C@H](OC(=O)CC)C4(c5nc(CCC)no5)CC4)CC[C@@H]23)C[C@@H](O)C[C@@H]1O. The third-order valence-corrected chi connectivity index (χ3v) is 11.2. The Kier molecular flexibility index (Phi) is 9.48. The van der Waals surface area contributed by atoms with Gasteiger partial charge >= 0.3 is 5.97 Å². The van der Waals surface area contributed by atoms with E-state index in [1.165, 1.54) is 31.3 Å². The number of carbonyl (C=O) groups excluding carboxylic acids is 1. The van der Waals surface area contributed by atoms with Crippen molar-refractivity contribution in [2.24, 2.45) is 23.2 Å². The molecular formula is C35H52N2O5. The Bertz CT molecular complexity index is 1200. The van der Waals surface area contributed by atoms with Crippen LogP contribution in [0.15, 0.2) is 40.0 Å². The molecule has 5 rings (SSSR count). The van der Waals surface area contributed by atoms with E-state index in [4.69, 9.17) is 14.2 Å². The van der Waals surface area contributed by atoms with Crippen molar-refractivity contribution in [3.05, 3.63) is 47.2 Å². The molecule has 4 fully saturated rings. The topological polar surface area (TPSA) is 106 Å². The fourth-order valence-electron chi connectivity index (χ4n) is 8.57. The average molecular weight is 581 g/mol. The Balaban J connectivity index is 1.28. The van der Waals surface area contributed by atoms with Crippen LogP contribution in [-0.2, 0) is 21.4 Å². The van der Waals surface area contributed by atoms with Gasteiger partial charge in [-0.05, 0) is 105 Å². The lowest BCUT2D eigenvalue weighted by Gasteiger charge is -2.44. The molecule has 0 spiro atoms. The van der Waals surface area contributed by atoms with Crippen molar-refractivity contribution < 1.29 is 24.3 Å². The molecule has 0 saturated heterocycles. The van der Waals surface area contributed by atoms with Crippen LogP contribution in [0.25, 0.3) is 0 Å². The van der Waals surface area contributed by atoms with E-state index in [0.29, 0.717) is 42.9 Å². The molecule has 0 amide bonds. The van der Waals surface area contributed by atoms with Gasteiger partial charge in [0.15, 0.2) is 5.82 Å². The molecule has 4 aliphatic carbocycles. The molecule has 7 heteroatoms. The summed E-state index contributed by atoms with van der Waals surface area (Å²) in [5, 5.41) is 24.7. The summed E-state index contributed by atoms with van der Waals surface area (Å²) in [6, 6.07) is 0. The van der Waals surface area contributed by atoms with Gasteiger partial charge in [-0.25, -0.2) is 0 Å². The summed E-state index contributed by atoms with van der Waals surface area (Å²) in [6.07, 6.45) is 15.7. The Morgan fingerprint density at radius 3 is 2.69 bits per heavy atom. The predicted octanol–water partition coefficient (Wildman–Crippen LogP) is 6.93. The molecule has 42 heavy (non-hydrogen) atoms. The smallest absolute Gasteiger partial charge is 0.305 e. The normalized spacial score (nSPS) is 33.9. The number of hydrogen-bond donors (Lipinski definition) is 2. The Labute approximate surface area is 251 Å². The van der Waals surface area contributed by atoms with Gasteiger partial charge in [0.25, 0.3) is 0 Å². The zero-order valence-corrected chi connectivity index (χ0v) is 26.2. The number of ether oxygens (including phenoxy) is 1. The summed E-state index contributed by atoms with van der Waals surface area (Å²) in [5.41, 5.74) is 3.17. The van der Waals surface area contributed by atoms with Crippen molar-refractivity contribution in [1.29, 1.82) is 0 Å². The van der Waals surface area contributed by atoms with Gasteiger partial charge in [-0.1, -0.05) is 57.2 Å². The molecule has 7 atom stereocenters. The number of aliphatic hydroxyl groups is 2. The Morgan fingerprint density at radius 2 is 1.98 bits per heavy atom. The highest BCUT2D eigenvalue weighted by Gasteiger charge is 2.57. The summed E-state index contributed by atoms with van der Waals surface area (Å²) in [6.45, 7) is 13.0. The molecule has 1 aromatic heterocycles. The van der Waals surface area contributed by atoms with Crippen molar-refractivity contribution >= 4 is 5.97 Å². The number of nitrogens with zero attached hydrogens (tertiary/aromatic N) is 2. The van der Waals surface area contributed by atoms with Gasteiger partial charge in [0, 0.05) is 19.3 Å². The summed E-state index contributed by atoms with van der Waals surface area (Å²) in [4.78, 5) is 17.2. The van der Waals surface area contributed by atoms with Crippen molar-refractivity contribution in [1.82, 2.24) is 10.1 Å². The van der Waals surface area contributed by atoms with E-state index >= 15 is 0 Å². The van der Waals surface area contributed by atoms with E-state index < -0.39 is 12.2 Å². The molecular weight excluding hydrogens is 528 g/mol. The summed E-state index contributed by atoms with van der Waals surface area (Å²) >= 11 is 0. The fourth-order valence-corrected chi connectivity index (χ4v) is 8.57. The van der Waals surface area contributed by atoms with Gasteiger partial charge in [-0.15, -0.1) is 0 Å². The third kappa shape index (κ3) is 6.19. The van der Waals surface area contributed by atoms with Crippen LogP contribution in [0.1, 0.15) is 123 Å². The van der Waals surface area contributed by atoms with E-state index in [2.05, 4.69) is 44.7 Å². The third-order valence-electron chi connectivity index (χ3n) is 11.2. The molecule has 1 heterocycles. The van der Waals surface area contributed by atoms with Crippen molar-refractivity contribution in [2.75, 3.05) is 0 Å². The van der Waals surface area contributed by atoms with Crippen LogP contribution in [0, 0.1) is 23.2 Å². The number of carbonyl (C=O) groups is 1. The van der Waals surface area contributed by atoms with Crippen LogP contribution in [-0.4, -0.2) is 44.6 Å². The minimum Gasteiger partial charge on any atom is -0.461 e. The molecule has 1 aromatic rings. The van der Waals surface area contributed by atoms with Gasteiger partial charge in [0.1, 0.15) is 6.10 Å². The van der Waals surface area contributed by atoms with E-state index in [1.54, 1.807) is 0 Å². The summed E-state index contributed by atoms with van der Waals surface area (Å²) in [7, 11) is 0. The monoisotopic (exact) mass is 580 g/mol. The van der Waals surface area contributed by atoms with E-state index in [-0.39, 0.29) is 22.9 Å². The van der Waals surface area contributed by atoms with Crippen LogP contribution in [0.2, 0.25) is 0 Å². The Hall–Kier alpha value is -2.25. The van der Waals surface area contributed by atoms with Gasteiger partial charge < -0.3 is 19.5 Å². The van der Waals surface area contributed by atoms with Gasteiger partial charge in [-0.2, -0.15) is 4.98 Å². The predicted molar refractivity (Wildman–Crippen MR) is 162 cm³/mol. The zero-order chi connectivity index (χ0) is 30.1. The molecule has 2 N–H and O–H groups in total. The van der Waals surface area contributed by atoms with E-state index in [1.807, 2.05) is 6.92 Å². The first-order chi connectivity index (χ1) is 20.1. The number of hydrogen-bond acceptors (Lipinski definition) is 7. The zero-order valence-electron chi connectivity index (χ0n) is 26.2. The molecule has 232 valence electrons. The summed E-state index contributed by atoms with van der Waals surface area (Å²) < 4.78 is 11.8. The largest absolute Gasteiger partial charge is 0.461 e. The molecule has 4 aliphatic rings. The standard InChI is InChI=1S/C35H52N2O5/c1-6-9-31-36-33(42-37-31)35(18-19-35)30(41-32(40)7-2)16-11-22(3)27-14-15-28-24(10-8-17-34(27,28)5)12-13-25-20-26(38)21-29(39)23(25)4/h12-13,22,26-30,38-39H,4,6-11,14-21H2,1-3,5H3/b24-12+,25-13-/t22-,26-,27-,28+,29+,30+,34-/m1/s1. The second kappa shape index (κ2) is 12.8. The number of esters is 1. The number of allylic oxidation sites excluding steroid dienone is 3. The van der Waals surface area contributed by atoms with E-state index in [9.17, 15) is 15.0 Å². The van der Waals surface area contributed by atoms with Gasteiger partial charge in [-0.3, -0.25) is 4.79 Å². The first-order valence-electron chi connectivity index (χ1n) is 16.6. The van der Waals surface area contributed by atoms with Crippen molar-refractivity contribution in [2.45, 2.75) is 141 Å². The molecule has 0 bridgehead atoms.